The molecule has 7 aromatic rings. The summed E-state index contributed by atoms with van der Waals surface area (Å²) in [6, 6.07) is 40.2. The van der Waals surface area contributed by atoms with Crippen molar-refractivity contribution in [3.63, 3.8) is 0 Å². The summed E-state index contributed by atoms with van der Waals surface area (Å²) in [5, 5.41) is 5.80. The first-order valence-corrected chi connectivity index (χ1v) is 36.2. The molecule has 9 nitrogen and oxygen atoms in total. The summed E-state index contributed by atoms with van der Waals surface area (Å²) in [7, 11) is 0. The van der Waals surface area contributed by atoms with Crippen LogP contribution in [0.2, 0.25) is 0 Å². The number of carbonyl (C=O) groups excluding carboxylic acids is 2. The Balaban J connectivity index is 0. The first-order chi connectivity index (χ1) is 44.3. The summed E-state index contributed by atoms with van der Waals surface area (Å²) in [4.78, 5) is 43.6. The van der Waals surface area contributed by atoms with E-state index >= 15 is 0 Å². The van der Waals surface area contributed by atoms with Crippen LogP contribution < -0.4 is 10.6 Å². The molecule has 0 unspecified atom stereocenters. The van der Waals surface area contributed by atoms with Crippen molar-refractivity contribution in [2.24, 2.45) is 22.7 Å². The topological polar surface area (TPSA) is 128 Å². The molecule has 5 aromatic carbocycles. The lowest BCUT2D eigenvalue weighted by atomic mass is 9.85. The number of anilines is 2. The number of rotatable bonds is 7. The third-order valence-electron chi connectivity index (χ3n) is 15.0. The number of nitrogens with zero attached hydrogens (tertiary/aromatic N) is 3. The van der Waals surface area contributed by atoms with Crippen molar-refractivity contribution in [3.8, 4) is 11.3 Å². The second kappa shape index (κ2) is 41.4. The maximum atomic E-state index is 11.6. The Morgan fingerprint density at radius 1 is 0.406 bits per heavy atom. The average Bonchev–Trinajstić information content (AvgIpc) is 1.64. The predicted octanol–water partition coefficient (Wildman–Crippen LogP) is 25.9. The normalized spacial score (nSPS) is 12.0. The number of aromatic amines is 2. The van der Waals surface area contributed by atoms with Gasteiger partial charge in [0.25, 0.3) is 0 Å². The number of fused-ring (bicyclic) bond motifs is 1. The molecule has 0 fully saturated rings. The third kappa shape index (κ3) is 32.0. The molecule has 8 rings (SSSR count). The summed E-state index contributed by atoms with van der Waals surface area (Å²) in [5.41, 5.74) is 17.8. The van der Waals surface area contributed by atoms with Crippen LogP contribution in [0.4, 0.5) is 11.4 Å². The first-order valence-electron chi connectivity index (χ1n) is 36.2. The lowest BCUT2D eigenvalue weighted by Gasteiger charge is -2.20. The molecule has 2 amide bonds. The average molecular weight is 1320 g/mol. The zero-order valence-electron chi connectivity index (χ0n) is 68.2. The van der Waals surface area contributed by atoms with Crippen LogP contribution in [0.3, 0.4) is 0 Å². The van der Waals surface area contributed by atoms with Crippen molar-refractivity contribution in [2.45, 2.75) is 301 Å². The van der Waals surface area contributed by atoms with E-state index in [-0.39, 0.29) is 61.6 Å². The van der Waals surface area contributed by atoms with Gasteiger partial charge in [-0.15, -0.1) is 0 Å². The Bertz CT molecular complexity index is 3360. The molecule has 536 valence electrons. The number of carbonyl (C=O) groups is 2. The van der Waals surface area contributed by atoms with Crippen LogP contribution in [0.5, 0.6) is 0 Å². The largest absolute Gasteiger partial charge is 0.342 e. The van der Waals surface area contributed by atoms with Crippen molar-refractivity contribution < 1.29 is 9.59 Å². The van der Waals surface area contributed by atoms with E-state index in [4.69, 9.17) is 0 Å². The monoisotopic (exact) mass is 1320 g/mol. The molecule has 1 aliphatic rings. The number of allylic oxidation sites excluding steroid dienone is 1. The minimum Gasteiger partial charge on any atom is -0.342 e. The number of imidazole rings is 2. The quantitative estimate of drug-likeness (QED) is 0.127. The summed E-state index contributed by atoms with van der Waals surface area (Å²) in [6.07, 6.45) is 4.97. The number of aliphatic imine (C=N–C) groups is 1. The minimum atomic E-state index is 0.0123. The SMILES string of the molecule is CC.CC.CC.CC.CC.CC(C)(C)c1ccc(-c2cnc(C(C)(C)C)[nH]2)cc1.CC(C)(C)c1ccc2nc(C(C)(C)C)[nH]c2c1.CC(C)C(=O)Nc1ccc(C(C)(C)C)cc1.CC(C)C(=O)Nc1cccc(C(C)(C)C)c1.CC(C)C1=NC=C(c2cccc(C(C)(C)C)c2)C1. The zero-order valence-corrected chi connectivity index (χ0v) is 68.2. The Morgan fingerprint density at radius 2 is 0.802 bits per heavy atom. The highest BCUT2D eigenvalue weighted by atomic mass is 16.2. The van der Waals surface area contributed by atoms with Crippen LogP contribution in [0.15, 0.2) is 133 Å². The van der Waals surface area contributed by atoms with Crippen LogP contribution in [-0.2, 0) is 47.5 Å². The highest BCUT2D eigenvalue weighted by Gasteiger charge is 2.23. The van der Waals surface area contributed by atoms with Gasteiger partial charge in [0.2, 0.25) is 11.8 Å². The number of H-pyrrole nitrogens is 2. The Morgan fingerprint density at radius 3 is 1.20 bits per heavy atom. The molecule has 0 saturated carbocycles. The van der Waals surface area contributed by atoms with Gasteiger partial charge in [0, 0.05) is 52.4 Å². The molecule has 1 aliphatic heterocycles. The second-order valence-corrected chi connectivity index (χ2v) is 31.4. The lowest BCUT2D eigenvalue weighted by Crippen LogP contribution is -2.18. The van der Waals surface area contributed by atoms with E-state index in [0.29, 0.717) is 5.92 Å². The van der Waals surface area contributed by atoms with Crippen molar-refractivity contribution in [2.75, 3.05) is 10.6 Å². The van der Waals surface area contributed by atoms with E-state index in [2.05, 4.69) is 280 Å². The molecule has 96 heavy (non-hydrogen) atoms. The fourth-order valence-electron chi connectivity index (χ4n) is 8.68. The van der Waals surface area contributed by atoms with Crippen molar-refractivity contribution in [3.05, 3.63) is 173 Å². The van der Waals surface area contributed by atoms with Gasteiger partial charge in [0.1, 0.15) is 11.6 Å². The van der Waals surface area contributed by atoms with Crippen LogP contribution in [0, 0.1) is 17.8 Å². The summed E-state index contributed by atoms with van der Waals surface area (Å²) >= 11 is 0. The van der Waals surface area contributed by atoms with Crippen LogP contribution in [0.25, 0.3) is 27.9 Å². The standard InChI is InChI=1S/C17H24N2.C17H23N.C15H22N2.2C14H21NO.5C2H6/c1-16(2,3)13-9-7-12(8-10-13)14-11-18-15(19-14)17(4,5)6;1-12(2)16-10-14(11-18-16)13-7-6-8-15(9-13)17(3,4)5;1-14(2,3)10-7-8-11-12(9-10)17-13(16-11)15(4,5)6;1-10(2)13(16)15-12-8-6-11(7-9-12)14(3,4)5;1-10(2)13(16)15-12-8-6-7-11(9-12)14(3,4)5;5*1-2/h7-11H,1-6H3,(H,18,19);6-9,11-12H,10H2,1-5H3;7-9H,1-6H3,(H,16,17);2*6-10H,1-5H3,(H,15,16);5*1-2H3. The molecule has 0 atom stereocenters. The van der Waals surface area contributed by atoms with Crippen molar-refractivity contribution in [1.29, 1.82) is 0 Å². The Hall–Kier alpha value is -6.87. The zero-order chi connectivity index (χ0) is 75.1. The van der Waals surface area contributed by atoms with Gasteiger partial charge in [0.15, 0.2) is 0 Å². The van der Waals surface area contributed by atoms with Crippen molar-refractivity contribution in [1.82, 2.24) is 19.9 Å². The second-order valence-electron chi connectivity index (χ2n) is 31.4. The van der Waals surface area contributed by atoms with E-state index < -0.39 is 0 Å². The predicted molar refractivity (Wildman–Crippen MR) is 429 cm³/mol. The summed E-state index contributed by atoms with van der Waals surface area (Å²) in [5.74, 6) is 2.78. The number of hydrogen-bond donors (Lipinski definition) is 4. The van der Waals surface area contributed by atoms with E-state index in [1.54, 1.807) is 0 Å². The van der Waals surface area contributed by atoms with Crippen LogP contribution in [-0.4, -0.2) is 37.5 Å². The molecule has 0 aliphatic carbocycles. The fourth-order valence-corrected chi connectivity index (χ4v) is 8.68. The maximum Gasteiger partial charge on any atom is 0.226 e. The van der Waals surface area contributed by atoms with Gasteiger partial charge in [-0.2, -0.15) is 0 Å². The summed E-state index contributed by atoms with van der Waals surface area (Å²) in [6.45, 7) is 78.2. The molecule has 0 radical (unpaired) electrons. The highest BCUT2D eigenvalue weighted by molar-refractivity contribution is 5.99. The molecule has 4 N–H and O–H groups in total. The number of benzene rings is 5. The molecule has 9 heteroatoms. The van der Waals surface area contributed by atoms with E-state index in [9.17, 15) is 9.59 Å². The van der Waals surface area contributed by atoms with Gasteiger partial charge in [-0.25, -0.2) is 9.97 Å². The van der Waals surface area contributed by atoms with E-state index in [1.807, 2.05) is 140 Å². The maximum absolute atomic E-state index is 11.6. The molecule has 3 heterocycles. The number of hydrogen-bond acceptors (Lipinski definition) is 5. The third-order valence-corrected chi connectivity index (χ3v) is 15.0. The molecule has 0 spiro atoms. The van der Waals surface area contributed by atoms with Gasteiger partial charge in [-0.1, -0.05) is 335 Å². The lowest BCUT2D eigenvalue weighted by molar-refractivity contribution is -0.119. The Kier molecular flexibility index (Phi) is 39.3. The number of nitrogens with one attached hydrogen (secondary N) is 4. The van der Waals surface area contributed by atoms with Crippen LogP contribution in [0.1, 0.15) is 308 Å². The molecular weight excluding hydrogens is 1180 g/mol. The van der Waals surface area contributed by atoms with E-state index in [1.165, 1.54) is 50.2 Å². The first kappa shape index (κ1) is 91.2. The van der Waals surface area contributed by atoms with Gasteiger partial charge in [0.05, 0.1) is 22.9 Å². The summed E-state index contributed by atoms with van der Waals surface area (Å²) < 4.78 is 0. The van der Waals surface area contributed by atoms with Gasteiger partial charge in [-0.3, -0.25) is 14.6 Å². The number of amides is 2. The molecular formula is C87H141N7O2. The Labute approximate surface area is 589 Å². The van der Waals surface area contributed by atoms with Gasteiger partial charge >= 0.3 is 0 Å². The van der Waals surface area contributed by atoms with E-state index in [0.717, 1.165) is 46.2 Å². The smallest absolute Gasteiger partial charge is 0.226 e. The van der Waals surface area contributed by atoms with Crippen molar-refractivity contribution >= 4 is 45.5 Å². The van der Waals surface area contributed by atoms with Gasteiger partial charge in [-0.05, 0) is 114 Å². The van der Waals surface area contributed by atoms with Gasteiger partial charge < -0.3 is 20.6 Å². The fraction of sp³-hybridized carbons (Fsp3) is 0.552. The minimum absolute atomic E-state index is 0.0123. The number of aromatic nitrogens is 4. The van der Waals surface area contributed by atoms with Crippen LogP contribution >= 0.6 is 0 Å². The molecule has 0 saturated heterocycles. The molecule has 0 bridgehead atoms. The molecule has 2 aromatic heterocycles. The highest BCUT2D eigenvalue weighted by Crippen LogP contribution is 2.33.